The van der Waals surface area contributed by atoms with Crippen molar-refractivity contribution < 1.29 is 14.3 Å². The van der Waals surface area contributed by atoms with Gasteiger partial charge in [-0.15, -0.1) is 11.3 Å². The normalized spacial score (nSPS) is 23.1. The van der Waals surface area contributed by atoms with Crippen LogP contribution in [0.4, 0.5) is 0 Å². The van der Waals surface area contributed by atoms with E-state index in [1.54, 1.807) is 17.7 Å². The predicted octanol–water partition coefficient (Wildman–Crippen LogP) is 2.89. The van der Waals surface area contributed by atoms with Crippen molar-refractivity contribution in [3.05, 3.63) is 30.1 Å². The molecule has 158 valence electrons. The van der Waals surface area contributed by atoms with Gasteiger partial charge in [-0.25, -0.2) is 9.97 Å². The van der Waals surface area contributed by atoms with Crippen LogP contribution < -0.4 is 10.5 Å². The van der Waals surface area contributed by atoms with Crippen molar-refractivity contribution in [3.8, 4) is 5.88 Å². The number of morpholine rings is 1. The van der Waals surface area contributed by atoms with Gasteiger partial charge in [0.05, 0.1) is 25.0 Å². The van der Waals surface area contributed by atoms with Crippen molar-refractivity contribution in [2.75, 3.05) is 26.3 Å². The average Bonchev–Trinajstić information content (AvgIpc) is 3.13. The lowest BCUT2D eigenvalue weighted by molar-refractivity contribution is -0.117. The second kappa shape index (κ2) is 8.45. The maximum Gasteiger partial charge on any atom is 0.226 e. The van der Waals surface area contributed by atoms with Crippen LogP contribution in [0.15, 0.2) is 24.5 Å². The summed E-state index contributed by atoms with van der Waals surface area (Å²) in [7, 11) is 0. The van der Waals surface area contributed by atoms with Crippen molar-refractivity contribution in [3.63, 3.8) is 0 Å². The number of hydrogen-bond acceptors (Lipinski definition) is 7. The Morgan fingerprint density at radius 3 is 2.77 bits per heavy atom. The van der Waals surface area contributed by atoms with Crippen LogP contribution in [0, 0.1) is 0 Å². The Balaban J connectivity index is 1.36. The van der Waals surface area contributed by atoms with Crippen molar-refractivity contribution in [1.29, 1.82) is 0 Å². The van der Waals surface area contributed by atoms with E-state index in [9.17, 15) is 4.79 Å². The molecule has 1 amide bonds. The van der Waals surface area contributed by atoms with Crippen LogP contribution in [-0.2, 0) is 16.0 Å². The van der Waals surface area contributed by atoms with Gasteiger partial charge in [0.2, 0.25) is 11.8 Å². The smallest absolute Gasteiger partial charge is 0.226 e. The van der Waals surface area contributed by atoms with Gasteiger partial charge in [-0.2, -0.15) is 0 Å². The van der Waals surface area contributed by atoms with E-state index in [2.05, 4.69) is 14.9 Å². The average molecular weight is 427 g/mol. The SMILES string of the molecule is NC(=O)Cc1ccc2sc3ncnc(OC4CCC(N5CCOCC5)CC4)c3c2c1. The number of rotatable bonds is 5. The van der Waals surface area contributed by atoms with Crippen LogP contribution in [0.2, 0.25) is 0 Å². The van der Waals surface area contributed by atoms with E-state index in [-0.39, 0.29) is 18.4 Å². The first kappa shape index (κ1) is 19.7. The Morgan fingerprint density at radius 2 is 2.00 bits per heavy atom. The van der Waals surface area contributed by atoms with Crippen LogP contribution in [-0.4, -0.2) is 59.2 Å². The quantitative estimate of drug-likeness (QED) is 0.675. The number of nitrogens with zero attached hydrogens (tertiary/aromatic N) is 3. The molecule has 5 rings (SSSR count). The number of benzene rings is 1. The standard InChI is InChI=1S/C22H26N4O3S/c23-19(27)12-14-1-6-18-17(11-14)20-21(24-13-25-22(20)30-18)29-16-4-2-15(3-5-16)26-7-9-28-10-8-26/h1,6,11,13,15-16H,2-5,7-10,12H2,(H2,23,27). The molecule has 1 aliphatic heterocycles. The van der Waals surface area contributed by atoms with Gasteiger partial charge < -0.3 is 15.2 Å². The number of nitrogens with two attached hydrogens (primary N) is 1. The summed E-state index contributed by atoms with van der Waals surface area (Å²) in [5.74, 6) is 0.316. The highest BCUT2D eigenvalue weighted by Crippen LogP contribution is 2.38. The molecule has 0 unspecified atom stereocenters. The molecule has 2 aliphatic rings. The molecule has 0 radical (unpaired) electrons. The first-order valence-electron chi connectivity index (χ1n) is 10.6. The highest BCUT2D eigenvalue weighted by Gasteiger charge is 2.28. The molecule has 3 heterocycles. The van der Waals surface area contributed by atoms with E-state index >= 15 is 0 Å². The Bertz CT molecular complexity index is 1060. The lowest BCUT2D eigenvalue weighted by atomic mass is 9.91. The third-order valence-corrected chi connectivity index (χ3v) is 7.24. The maximum absolute atomic E-state index is 11.3. The minimum Gasteiger partial charge on any atom is -0.474 e. The number of carbonyl (C=O) groups is 1. The largest absolute Gasteiger partial charge is 0.474 e. The van der Waals surface area contributed by atoms with Gasteiger partial charge >= 0.3 is 0 Å². The second-order valence-corrected chi connectivity index (χ2v) is 9.16. The lowest BCUT2D eigenvalue weighted by Gasteiger charge is -2.38. The molecule has 7 nitrogen and oxygen atoms in total. The number of fused-ring (bicyclic) bond motifs is 3. The zero-order valence-corrected chi connectivity index (χ0v) is 17.7. The van der Waals surface area contributed by atoms with Gasteiger partial charge in [0.1, 0.15) is 17.3 Å². The second-order valence-electron chi connectivity index (χ2n) is 8.13. The van der Waals surface area contributed by atoms with E-state index in [1.165, 1.54) is 0 Å². The van der Waals surface area contributed by atoms with Gasteiger partial charge in [0, 0.05) is 29.2 Å². The molecule has 1 saturated carbocycles. The Kier molecular flexibility index (Phi) is 5.54. The molecule has 1 aliphatic carbocycles. The summed E-state index contributed by atoms with van der Waals surface area (Å²) in [6, 6.07) is 6.63. The fraction of sp³-hybridized carbons (Fsp3) is 0.500. The number of ether oxygens (including phenoxy) is 2. The van der Waals surface area contributed by atoms with Crippen molar-refractivity contribution in [1.82, 2.24) is 14.9 Å². The molecule has 2 aromatic heterocycles. The summed E-state index contributed by atoms with van der Waals surface area (Å²) in [4.78, 5) is 23.7. The van der Waals surface area contributed by atoms with E-state index in [1.807, 2.05) is 18.2 Å². The molecule has 1 aromatic carbocycles. The molecule has 1 saturated heterocycles. The molecule has 2 fully saturated rings. The molecule has 30 heavy (non-hydrogen) atoms. The number of aromatic nitrogens is 2. The maximum atomic E-state index is 11.3. The predicted molar refractivity (Wildman–Crippen MR) is 117 cm³/mol. The summed E-state index contributed by atoms with van der Waals surface area (Å²) < 4.78 is 13.0. The van der Waals surface area contributed by atoms with Gasteiger partial charge in [-0.05, 0) is 43.4 Å². The number of amides is 1. The summed E-state index contributed by atoms with van der Waals surface area (Å²) >= 11 is 1.62. The summed E-state index contributed by atoms with van der Waals surface area (Å²) in [5, 5.41) is 1.98. The number of thiophene rings is 1. The van der Waals surface area contributed by atoms with Crippen LogP contribution in [0.1, 0.15) is 31.2 Å². The van der Waals surface area contributed by atoms with Crippen LogP contribution in [0.3, 0.4) is 0 Å². The van der Waals surface area contributed by atoms with Crippen LogP contribution in [0.25, 0.3) is 20.3 Å². The first-order valence-corrected chi connectivity index (χ1v) is 11.4. The van der Waals surface area contributed by atoms with E-state index in [4.69, 9.17) is 15.2 Å². The molecule has 2 N–H and O–H groups in total. The van der Waals surface area contributed by atoms with Crippen LogP contribution >= 0.6 is 11.3 Å². The first-order chi connectivity index (χ1) is 14.7. The molecular weight excluding hydrogens is 400 g/mol. The molecule has 8 heteroatoms. The minimum absolute atomic E-state index is 0.171. The zero-order valence-electron chi connectivity index (χ0n) is 16.9. The molecule has 0 bridgehead atoms. The van der Waals surface area contributed by atoms with E-state index in [0.29, 0.717) is 11.9 Å². The topological polar surface area (TPSA) is 90.6 Å². The molecule has 3 aromatic rings. The van der Waals surface area contributed by atoms with Gasteiger partial charge in [0.25, 0.3) is 0 Å². The zero-order chi connectivity index (χ0) is 20.5. The van der Waals surface area contributed by atoms with E-state index < -0.39 is 0 Å². The Hall–Kier alpha value is -2.29. The van der Waals surface area contributed by atoms with Gasteiger partial charge in [-0.3, -0.25) is 9.69 Å². The Morgan fingerprint density at radius 1 is 1.20 bits per heavy atom. The molecule has 0 atom stereocenters. The fourth-order valence-electron chi connectivity index (χ4n) is 4.66. The number of primary amides is 1. The highest BCUT2D eigenvalue weighted by atomic mass is 32.1. The number of hydrogen-bond donors (Lipinski definition) is 1. The molecular formula is C22H26N4O3S. The number of carbonyl (C=O) groups excluding carboxylic acids is 1. The molecule has 0 spiro atoms. The fourth-order valence-corrected chi connectivity index (χ4v) is 5.67. The summed E-state index contributed by atoms with van der Waals surface area (Å²) in [5.41, 5.74) is 6.28. The highest BCUT2D eigenvalue weighted by molar-refractivity contribution is 7.25. The summed E-state index contributed by atoms with van der Waals surface area (Å²) in [6.45, 7) is 3.77. The third kappa shape index (κ3) is 3.99. The van der Waals surface area contributed by atoms with Crippen molar-refractivity contribution in [2.24, 2.45) is 5.73 Å². The van der Waals surface area contributed by atoms with E-state index in [0.717, 1.165) is 77.9 Å². The van der Waals surface area contributed by atoms with Crippen molar-refractivity contribution in [2.45, 2.75) is 44.2 Å². The Labute approximate surface area is 179 Å². The summed E-state index contributed by atoms with van der Waals surface area (Å²) in [6.07, 6.45) is 6.33. The minimum atomic E-state index is -0.335. The monoisotopic (exact) mass is 426 g/mol. The lowest BCUT2D eigenvalue weighted by Crippen LogP contribution is -2.46. The third-order valence-electron chi connectivity index (χ3n) is 6.16. The van der Waals surface area contributed by atoms with Gasteiger partial charge in [0.15, 0.2) is 0 Å². The van der Waals surface area contributed by atoms with Gasteiger partial charge in [-0.1, -0.05) is 6.07 Å². The van der Waals surface area contributed by atoms with Crippen LogP contribution in [0.5, 0.6) is 5.88 Å². The van der Waals surface area contributed by atoms with Crippen molar-refractivity contribution >= 4 is 37.5 Å².